The quantitative estimate of drug-likeness (QED) is 0.487. The molecule has 0 bridgehead atoms. The van der Waals surface area contributed by atoms with Gasteiger partial charge in [-0.3, -0.25) is 4.79 Å². The van der Waals surface area contributed by atoms with Crippen LogP contribution in [0.1, 0.15) is 51.3 Å². The molecule has 3 aromatic heterocycles. The smallest absolute Gasteiger partial charge is 0.351 e. The zero-order valence-corrected chi connectivity index (χ0v) is 15.8. The van der Waals surface area contributed by atoms with E-state index in [2.05, 4.69) is 33.9 Å². The van der Waals surface area contributed by atoms with Gasteiger partial charge in [0.1, 0.15) is 11.2 Å². The number of nitrogens with zero attached hydrogens (tertiary/aromatic N) is 5. The molecule has 0 aliphatic rings. The lowest BCUT2D eigenvalue weighted by atomic mass is 10.1. The Kier molecular flexibility index (Phi) is 4.99. The first-order valence-corrected chi connectivity index (χ1v) is 8.97. The minimum absolute atomic E-state index is 0.223. The summed E-state index contributed by atoms with van der Waals surface area (Å²) in [5.41, 5.74) is 2.99. The van der Waals surface area contributed by atoms with Crippen LogP contribution >= 0.6 is 11.3 Å². The van der Waals surface area contributed by atoms with E-state index in [9.17, 15) is 9.59 Å². The van der Waals surface area contributed by atoms with Crippen molar-refractivity contribution in [1.29, 1.82) is 0 Å². The lowest BCUT2D eigenvalue weighted by Crippen LogP contribution is -2.16. The fraction of sp³-hybridized carbons (Fsp3) is 0.353. The summed E-state index contributed by atoms with van der Waals surface area (Å²) < 4.78 is 8.70. The summed E-state index contributed by atoms with van der Waals surface area (Å²) in [6.45, 7) is 7.67. The summed E-state index contributed by atoms with van der Waals surface area (Å²) in [5, 5.41) is 12.6. The summed E-state index contributed by atoms with van der Waals surface area (Å²) in [4.78, 5) is 25.2. The Labute approximate surface area is 154 Å². The molecule has 0 aromatic carbocycles. The number of hydrogen-bond donors (Lipinski definition) is 0. The van der Waals surface area contributed by atoms with Gasteiger partial charge in [0.15, 0.2) is 6.61 Å². The minimum Gasteiger partial charge on any atom is -0.453 e. The van der Waals surface area contributed by atoms with Gasteiger partial charge < -0.3 is 9.30 Å². The number of tetrazole rings is 1. The van der Waals surface area contributed by atoms with Crippen molar-refractivity contribution in [2.45, 2.75) is 33.7 Å². The molecule has 3 heterocycles. The SMILES string of the molecule is Cc1cc(C(=O)COC(=O)c2sccc2-n2cnnn2)c(C)n1C(C)C. The molecule has 0 saturated carbocycles. The third-order valence-corrected chi connectivity index (χ3v) is 4.94. The maximum atomic E-state index is 12.5. The molecule has 9 heteroatoms. The molecule has 0 spiro atoms. The molecule has 0 radical (unpaired) electrons. The number of hydrogen-bond acceptors (Lipinski definition) is 7. The van der Waals surface area contributed by atoms with Crippen LogP contribution in [-0.2, 0) is 4.74 Å². The molecular weight excluding hydrogens is 354 g/mol. The van der Waals surface area contributed by atoms with Crippen LogP contribution in [0, 0.1) is 13.8 Å². The molecule has 3 rings (SSSR count). The van der Waals surface area contributed by atoms with E-state index in [4.69, 9.17) is 4.74 Å². The summed E-state index contributed by atoms with van der Waals surface area (Å²) in [6.07, 6.45) is 1.39. The van der Waals surface area contributed by atoms with Gasteiger partial charge in [0.05, 0.1) is 5.69 Å². The molecule has 0 atom stereocenters. The summed E-state index contributed by atoms with van der Waals surface area (Å²) in [6, 6.07) is 3.81. The van der Waals surface area contributed by atoms with Gasteiger partial charge in [-0.1, -0.05) is 0 Å². The number of aryl methyl sites for hydroxylation is 1. The van der Waals surface area contributed by atoms with Crippen LogP contribution in [0.3, 0.4) is 0 Å². The highest BCUT2D eigenvalue weighted by molar-refractivity contribution is 7.12. The molecule has 0 aliphatic carbocycles. The molecule has 3 aromatic rings. The highest BCUT2D eigenvalue weighted by atomic mass is 32.1. The Morgan fingerprint density at radius 2 is 2.08 bits per heavy atom. The van der Waals surface area contributed by atoms with Gasteiger partial charge >= 0.3 is 5.97 Å². The molecule has 26 heavy (non-hydrogen) atoms. The summed E-state index contributed by atoms with van der Waals surface area (Å²) in [7, 11) is 0. The Morgan fingerprint density at radius 3 is 2.69 bits per heavy atom. The topological polar surface area (TPSA) is 91.9 Å². The maximum Gasteiger partial charge on any atom is 0.351 e. The molecule has 0 aliphatic heterocycles. The van der Waals surface area contributed by atoms with Crippen molar-refractivity contribution in [2.24, 2.45) is 0 Å². The highest BCUT2D eigenvalue weighted by Crippen LogP contribution is 2.23. The number of esters is 1. The van der Waals surface area contributed by atoms with Crippen molar-refractivity contribution >= 4 is 23.1 Å². The zero-order valence-electron chi connectivity index (χ0n) is 15.0. The van der Waals surface area contributed by atoms with Crippen LogP contribution in [0.4, 0.5) is 0 Å². The average Bonchev–Trinajstić information content (AvgIpc) is 3.31. The van der Waals surface area contributed by atoms with Crippen LogP contribution in [-0.4, -0.2) is 43.1 Å². The second-order valence-corrected chi connectivity index (χ2v) is 7.05. The lowest BCUT2D eigenvalue weighted by Gasteiger charge is -2.13. The first-order valence-electron chi connectivity index (χ1n) is 8.09. The monoisotopic (exact) mass is 373 g/mol. The Balaban J connectivity index is 1.72. The summed E-state index contributed by atoms with van der Waals surface area (Å²) in [5.74, 6) is -0.796. The Bertz CT molecular complexity index is 940. The zero-order chi connectivity index (χ0) is 18.8. The van der Waals surface area contributed by atoms with E-state index >= 15 is 0 Å². The van der Waals surface area contributed by atoms with Gasteiger partial charge in [-0.15, -0.1) is 16.4 Å². The highest BCUT2D eigenvalue weighted by Gasteiger charge is 2.21. The van der Waals surface area contributed by atoms with Crippen LogP contribution < -0.4 is 0 Å². The minimum atomic E-state index is -0.573. The van der Waals surface area contributed by atoms with Crippen LogP contribution in [0.5, 0.6) is 0 Å². The van der Waals surface area contributed by atoms with Crippen molar-refractivity contribution in [3.8, 4) is 5.69 Å². The largest absolute Gasteiger partial charge is 0.453 e. The predicted octanol–water partition coefficient (Wildman–Crippen LogP) is 2.76. The third-order valence-electron chi connectivity index (χ3n) is 4.06. The van der Waals surface area contributed by atoms with Gasteiger partial charge in [0.25, 0.3) is 0 Å². The predicted molar refractivity (Wildman–Crippen MR) is 95.9 cm³/mol. The van der Waals surface area contributed by atoms with Gasteiger partial charge in [0.2, 0.25) is 5.78 Å². The van der Waals surface area contributed by atoms with Gasteiger partial charge in [-0.05, 0) is 55.6 Å². The van der Waals surface area contributed by atoms with E-state index in [1.807, 2.05) is 19.9 Å². The van der Waals surface area contributed by atoms with Crippen molar-refractivity contribution in [2.75, 3.05) is 6.61 Å². The van der Waals surface area contributed by atoms with E-state index in [0.717, 1.165) is 11.4 Å². The molecule has 0 fully saturated rings. The fourth-order valence-corrected chi connectivity index (χ4v) is 3.81. The first kappa shape index (κ1) is 18.0. The van der Waals surface area contributed by atoms with Crippen LogP contribution in [0.15, 0.2) is 23.8 Å². The van der Waals surface area contributed by atoms with Gasteiger partial charge in [0, 0.05) is 23.0 Å². The number of carbonyl (C=O) groups is 2. The number of ether oxygens (including phenoxy) is 1. The molecule has 0 saturated heterocycles. The number of carbonyl (C=O) groups excluding carboxylic acids is 2. The molecule has 0 unspecified atom stereocenters. The Morgan fingerprint density at radius 1 is 1.31 bits per heavy atom. The number of ketones is 1. The second kappa shape index (κ2) is 7.20. The molecular formula is C17H19N5O3S. The molecule has 8 nitrogen and oxygen atoms in total. The van der Waals surface area contributed by atoms with E-state index in [0.29, 0.717) is 16.1 Å². The number of Topliss-reactive ketones (excluding diaryl/α,β-unsaturated/α-hetero) is 1. The molecule has 0 amide bonds. The lowest BCUT2D eigenvalue weighted by molar-refractivity contribution is 0.0479. The number of thiophene rings is 1. The van der Waals surface area contributed by atoms with E-state index in [1.54, 1.807) is 11.4 Å². The molecule has 136 valence electrons. The van der Waals surface area contributed by atoms with E-state index in [-0.39, 0.29) is 18.4 Å². The standard InChI is InChI=1S/C17H19N5O3S/c1-10(2)22-11(3)7-13(12(22)4)15(23)8-25-17(24)16-14(5-6-26-16)21-9-18-19-20-21/h5-7,9-10H,8H2,1-4H3. The van der Waals surface area contributed by atoms with Crippen molar-refractivity contribution < 1.29 is 14.3 Å². The van der Waals surface area contributed by atoms with Gasteiger partial charge in [-0.2, -0.15) is 4.68 Å². The van der Waals surface area contributed by atoms with Crippen molar-refractivity contribution in [3.05, 3.63) is 45.7 Å². The van der Waals surface area contributed by atoms with Crippen molar-refractivity contribution in [3.63, 3.8) is 0 Å². The van der Waals surface area contributed by atoms with Crippen LogP contribution in [0.2, 0.25) is 0 Å². The fourth-order valence-electron chi connectivity index (χ4n) is 3.04. The first-order chi connectivity index (χ1) is 12.4. The Hall–Kier alpha value is -2.81. The number of rotatable bonds is 6. The van der Waals surface area contributed by atoms with Crippen LogP contribution in [0.25, 0.3) is 5.69 Å². The van der Waals surface area contributed by atoms with Crippen molar-refractivity contribution in [1.82, 2.24) is 24.8 Å². The van der Waals surface area contributed by atoms with Gasteiger partial charge in [-0.25, -0.2) is 4.79 Å². The van der Waals surface area contributed by atoms with E-state index < -0.39 is 5.97 Å². The third kappa shape index (κ3) is 3.30. The summed E-state index contributed by atoms with van der Waals surface area (Å²) >= 11 is 1.21. The normalized spacial score (nSPS) is 11.1. The average molecular weight is 373 g/mol. The number of aromatic nitrogens is 5. The second-order valence-electron chi connectivity index (χ2n) is 6.14. The molecule has 0 N–H and O–H groups in total. The maximum absolute atomic E-state index is 12.5. The van der Waals surface area contributed by atoms with E-state index in [1.165, 1.54) is 22.3 Å².